The Morgan fingerprint density at radius 1 is 0.814 bits per heavy atom. The number of amides is 2. The predicted molar refractivity (Wildman–Crippen MR) is 164 cm³/mol. The molecule has 1 aliphatic rings. The smallest absolute Gasteiger partial charge is 0.243 e. The van der Waals surface area contributed by atoms with Gasteiger partial charge in [-0.2, -0.15) is 0 Å². The van der Waals surface area contributed by atoms with Crippen LogP contribution in [-0.4, -0.2) is 46.7 Å². The molecule has 0 radical (unpaired) electrons. The van der Waals surface area contributed by atoms with Gasteiger partial charge in [-0.3, -0.25) is 19.7 Å². The molecule has 0 aliphatic carbocycles. The Labute approximate surface area is 253 Å². The molecule has 2 amide bonds. The minimum absolute atomic E-state index is 0.00115. The number of hydroxylamine groups is 1. The Morgan fingerprint density at radius 2 is 1.47 bits per heavy atom. The molecule has 3 aromatic rings. The number of carbonyl (C=O) groups is 2. The first-order valence-corrected chi connectivity index (χ1v) is 15.0. The van der Waals surface area contributed by atoms with E-state index in [9.17, 15) is 14.7 Å². The van der Waals surface area contributed by atoms with Crippen LogP contribution in [0.5, 0.6) is 0 Å². The number of likely N-dealkylation sites (N-methyl/N-ethyl adjacent to an activating group) is 1. The maximum atomic E-state index is 12.4. The van der Waals surface area contributed by atoms with Crippen molar-refractivity contribution in [3.63, 3.8) is 0 Å². The van der Waals surface area contributed by atoms with Gasteiger partial charge in [-0.1, -0.05) is 79.6 Å². The number of rotatable bonds is 15. The molecule has 1 fully saturated rings. The Bertz CT molecular complexity index is 1270. The van der Waals surface area contributed by atoms with E-state index in [0.717, 1.165) is 49.0 Å². The molecule has 9 heteroatoms. The zero-order valence-electron chi connectivity index (χ0n) is 24.8. The van der Waals surface area contributed by atoms with E-state index in [0.29, 0.717) is 24.9 Å². The zero-order valence-corrected chi connectivity index (χ0v) is 24.8. The SMILES string of the molecule is CN(Cc1ccccc1)CC1CC(c2ccc(CO)cc2)OC(c2ccc(NC(=O)CCCCCCC(=O)NO)cc2)O1. The van der Waals surface area contributed by atoms with Crippen LogP contribution in [0.1, 0.15) is 79.6 Å². The van der Waals surface area contributed by atoms with Crippen molar-refractivity contribution in [2.24, 2.45) is 0 Å². The number of aliphatic hydroxyl groups is 1. The fourth-order valence-corrected chi connectivity index (χ4v) is 5.27. The number of nitrogens with zero attached hydrogens (tertiary/aromatic N) is 1. The Balaban J connectivity index is 1.34. The standard InChI is InChI=1S/C34H43N3O6/c1-37(22-25-9-5-4-6-10-25)23-30-21-31(27-15-13-26(24-38)14-16-27)43-34(42-30)28-17-19-29(20-18-28)35-32(39)11-7-2-3-8-12-33(40)36-41/h4-6,9-10,13-20,30-31,34,38,41H,2-3,7-8,11-12,21-24H2,1H3,(H,35,39)(H,36,40). The molecule has 1 saturated heterocycles. The van der Waals surface area contributed by atoms with Crippen LogP contribution >= 0.6 is 0 Å². The zero-order chi connectivity index (χ0) is 30.4. The third-order valence-electron chi connectivity index (χ3n) is 7.57. The molecule has 1 heterocycles. The Kier molecular flexibility index (Phi) is 12.7. The number of nitrogens with one attached hydrogen (secondary N) is 2. The molecule has 3 unspecified atom stereocenters. The first-order chi connectivity index (χ1) is 20.9. The number of aliphatic hydroxyl groups excluding tert-OH is 1. The molecule has 230 valence electrons. The van der Waals surface area contributed by atoms with E-state index < -0.39 is 6.29 Å². The second-order valence-electron chi connectivity index (χ2n) is 11.2. The molecule has 0 saturated carbocycles. The average molecular weight is 590 g/mol. The predicted octanol–water partition coefficient (Wildman–Crippen LogP) is 5.64. The van der Waals surface area contributed by atoms with Crippen LogP contribution in [0.4, 0.5) is 5.69 Å². The van der Waals surface area contributed by atoms with Crippen LogP contribution in [0, 0.1) is 0 Å². The largest absolute Gasteiger partial charge is 0.392 e. The molecule has 4 N–H and O–H groups in total. The lowest BCUT2D eigenvalue weighted by Crippen LogP contribution is -2.37. The second-order valence-corrected chi connectivity index (χ2v) is 11.2. The topological polar surface area (TPSA) is 120 Å². The first-order valence-electron chi connectivity index (χ1n) is 15.0. The van der Waals surface area contributed by atoms with E-state index in [1.807, 2.05) is 66.7 Å². The van der Waals surface area contributed by atoms with Crippen LogP contribution in [0.2, 0.25) is 0 Å². The summed E-state index contributed by atoms with van der Waals surface area (Å²) in [7, 11) is 2.10. The molecular weight excluding hydrogens is 546 g/mol. The molecule has 0 spiro atoms. The number of unbranched alkanes of at least 4 members (excludes halogenated alkanes) is 3. The fourth-order valence-electron chi connectivity index (χ4n) is 5.27. The monoisotopic (exact) mass is 589 g/mol. The lowest BCUT2D eigenvalue weighted by Gasteiger charge is -2.38. The van der Waals surface area contributed by atoms with Crippen LogP contribution in [0.25, 0.3) is 0 Å². The summed E-state index contributed by atoms with van der Waals surface area (Å²) in [5.41, 5.74) is 6.35. The summed E-state index contributed by atoms with van der Waals surface area (Å²) in [6.45, 7) is 1.55. The Morgan fingerprint density at radius 3 is 2.12 bits per heavy atom. The first kappa shape index (κ1) is 32.3. The number of ether oxygens (including phenoxy) is 2. The molecular formula is C34H43N3O6. The molecule has 9 nitrogen and oxygen atoms in total. The summed E-state index contributed by atoms with van der Waals surface area (Å²) >= 11 is 0. The van der Waals surface area contributed by atoms with Crippen LogP contribution in [0.15, 0.2) is 78.9 Å². The van der Waals surface area contributed by atoms with Crippen LogP contribution in [-0.2, 0) is 32.2 Å². The van der Waals surface area contributed by atoms with Gasteiger partial charge >= 0.3 is 0 Å². The lowest BCUT2D eigenvalue weighted by molar-refractivity contribution is -0.252. The van der Waals surface area contributed by atoms with Gasteiger partial charge in [-0.05, 0) is 48.7 Å². The van der Waals surface area contributed by atoms with Gasteiger partial charge in [-0.25, -0.2) is 5.48 Å². The lowest BCUT2D eigenvalue weighted by atomic mass is 9.99. The Hall–Kier alpha value is -3.60. The van der Waals surface area contributed by atoms with Crippen molar-refractivity contribution >= 4 is 17.5 Å². The highest BCUT2D eigenvalue weighted by Gasteiger charge is 2.32. The van der Waals surface area contributed by atoms with Crippen molar-refractivity contribution in [3.05, 3.63) is 101 Å². The van der Waals surface area contributed by atoms with Crippen molar-refractivity contribution < 1.29 is 29.4 Å². The minimum Gasteiger partial charge on any atom is -0.392 e. The summed E-state index contributed by atoms with van der Waals surface area (Å²) in [4.78, 5) is 25.7. The van der Waals surface area contributed by atoms with Gasteiger partial charge in [0, 0.05) is 43.6 Å². The molecule has 0 bridgehead atoms. The molecule has 0 aromatic heterocycles. The van der Waals surface area contributed by atoms with E-state index in [1.165, 1.54) is 5.56 Å². The van der Waals surface area contributed by atoms with E-state index in [1.54, 1.807) is 5.48 Å². The number of anilines is 1. The molecule has 43 heavy (non-hydrogen) atoms. The molecule has 1 aliphatic heterocycles. The van der Waals surface area contributed by atoms with Gasteiger partial charge in [0.2, 0.25) is 11.8 Å². The van der Waals surface area contributed by atoms with Gasteiger partial charge in [0.15, 0.2) is 6.29 Å². The highest BCUT2D eigenvalue weighted by Crippen LogP contribution is 2.38. The van der Waals surface area contributed by atoms with Crippen LogP contribution < -0.4 is 10.8 Å². The minimum atomic E-state index is -0.566. The fraction of sp³-hybridized carbons (Fsp3) is 0.412. The van der Waals surface area contributed by atoms with Gasteiger partial charge in [0.1, 0.15) is 0 Å². The highest BCUT2D eigenvalue weighted by atomic mass is 16.7. The summed E-state index contributed by atoms with van der Waals surface area (Å²) in [6, 6.07) is 25.8. The maximum Gasteiger partial charge on any atom is 0.243 e. The number of hydrogen-bond donors (Lipinski definition) is 4. The van der Waals surface area contributed by atoms with Gasteiger partial charge < -0.3 is 19.9 Å². The number of carbonyl (C=O) groups excluding carboxylic acids is 2. The van der Waals surface area contributed by atoms with Crippen molar-refractivity contribution in [1.82, 2.24) is 10.4 Å². The normalized spacial score (nSPS) is 18.4. The third-order valence-corrected chi connectivity index (χ3v) is 7.57. The molecule has 3 atom stereocenters. The van der Waals surface area contributed by atoms with Crippen molar-refractivity contribution in [3.8, 4) is 0 Å². The summed E-state index contributed by atoms with van der Waals surface area (Å²) in [5, 5.41) is 20.9. The summed E-state index contributed by atoms with van der Waals surface area (Å²) in [6.07, 6.45) is 3.67. The van der Waals surface area contributed by atoms with Crippen molar-refractivity contribution in [1.29, 1.82) is 0 Å². The summed E-state index contributed by atoms with van der Waals surface area (Å²) in [5.74, 6) is -0.442. The number of hydrogen-bond acceptors (Lipinski definition) is 7. The van der Waals surface area contributed by atoms with E-state index in [4.69, 9.17) is 14.7 Å². The summed E-state index contributed by atoms with van der Waals surface area (Å²) < 4.78 is 12.9. The number of benzene rings is 3. The average Bonchev–Trinajstić information content (AvgIpc) is 3.03. The quantitative estimate of drug-likeness (QED) is 0.103. The second kappa shape index (κ2) is 16.9. The van der Waals surface area contributed by atoms with E-state index in [-0.39, 0.29) is 37.0 Å². The highest BCUT2D eigenvalue weighted by molar-refractivity contribution is 5.90. The van der Waals surface area contributed by atoms with Gasteiger partial charge in [-0.15, -0.1) is 0 Å². The van der Waals surface area contributed by atoms with E-state index in [2.05, 4.69) is 29.4 Å². The maximum absolute atomic E-state index is 12.4. The van der Waals surface area contributed by atoms with Crippen LogP contribution in [0.3, 0.4) is 0 Å². The van der Waals surface area contributed by atoms with Gasteiger partial charge in [0.25, 0.3) is 0 Å². The molecule has 4 rings (SSSR count). The van der Waals surface area contributed by atoms with Crippen molar-refractivity contribution in [2.75, 3.05) is 18.9 Å². The van der Waals surface area contributed by atoms with E-state index >= 15 is 0 Å². The molecule has 3 aromatic carbocycles. The van der Waals surface area contributed by atoms with Crippen molar-refractivity contribution in [2.45, 2.75) is 76.6 Å². The third kappa shape index (κ3) is 10.6. The van der Waals surface area contributed by atoms with Gasteiger partial charge in [0.05, 0.1) is 18.8 Å².